The second-order valence-electron chi connectivity index (χ2n) is 10.7. The van der Waals surface area contributed by atoms with Crippen LogP contribution in [0.3, 0.4) is 0 Å². The van der Waals surface area contributed by atoms with E-state index in [0.29, 0.717) is 32.2 Å². The topological polar surface area (TPSA) is 65.6 Å². The number of fused-ring (bicyclic) bond motifs is 2. The Bertz CT molecular complexity index is 2270. The second kappa shape index (κ2) is 12.2. The van der Waals surface area contributed by atoms with Gasteiger partial charge in [-0.3, -0.25) is 9.36 Å². The van der Waals surface area contributed by atoms with Gasteiger partial charge in [0.25, 0.3) is 5.56 Å². The summed E-state index contributed by atoms with van der Waals surface area (Å²) in [5.74, 6) is -0.493. The number of esters is 1. The van der Waals surface area contributed by atoms with Crippen molar-refractivity contribution in [2.45, 2.75) is 19.5 Å². The molecule has 7 rings (SSSR count). The van der Waals surface area contributed by atoms with Crippen LogP contribution in [0.2, 0.25) is 5.02 Å². The highest BCUT2D eigenvalue weighted by Crippen LogP contribution is 2.35. The third-order valence-corrected chi connectivity index (χ3v) is 9.05. The third kappa shape index (κ3) is 5.45. The maximum absolute atomic E-state index is 14.3. The molecule has 0 spiro atoms. The van der Waals surface area contributed by atoms with Crippen LogP contribution in [0.4, 0.5) is 0 Å². The zero-order chi connectivity index (χ0) is 30.9. The van der Waals surface area contributed by atoms with Gasteiger partial charge in [0.1, 0.15) is 0 Å². The standard InChI is InChI=1S/C37H28ClN3O3S/c1-2-44-36(43)32-33(25-13-5-3-6-14-25)39-37-41(34(32)26-15-7-4-8-16-26)35(42)31(45-37)21-27-23-40(30-19-10-9-18-29(27)30)22-24-12-11-17-28(38)20-24/h3-21,23,34H,2,22H2,1H3/b31-21-/t34-/m0/s1. The molecule has 4 aromatic carbocycles. The highest BCUT2D eigenvalue weighted by molar-refractivity contribution is 7.07. The van der Waals surface area contributed by atoms with Gasteiger partial charge in [0.05, 0.1) is 28.5 Å². The minimum absolute atomic E-state index is 0.204. The van der Waals surface area contributed by atoms with Crippen molar-refractivity contribution in [3.8, 4) is 0 Å². The molecule has 0 aliphatic carbocycles. The first-order valence-corrected chi connectivity index (χ1v) is 15.9. The van der Waals surface area contributed by atoms with E-state index in [0.717, 1.165) is 33.2 Å². The van der Waals surface area contributed by atoms with E-state index in [9.17, 15) is 9.59 Å². The zero-order valence-corrected chi connectivity index (χ0v) is 26.0. The van der Waals surface area contributed by atoms with Crippen molar-refractivity contribution < 1.29 is 9.53 Å². The summed E-state index contributed by atoms with van der Waals surface area (Å²) in [6, 6.07) is 34.4. The van der Waals surface area contributed by atoms with Gasteiger partial charge in [-0.25, -0.2) is 9.79 Å². The lowest BCUT2D eigenvalue weighted by molar-refractivity contribution is -0.138. The number of para-hydroxylation sites is 1. The molecular formula is C37H28ClN3O3S. The van der Waals surface area contributed by atoms with Crippen LogP contribution in [0, 0.1) is 0 Å². The fraction of sp³-hybridized carbons (Fsp3) is 0.108. The van der Waals surface area contributed by atoms with Gasteiger partial charge in [-0.1, -0.05) is 114 Å². The van der Waals surface area contributed by atoms with Gasteiger partial charge in [-0.15, -0.1) is 0 Å². The summed E-state index contributed by atoms with van der Waals surface area (Å²) in [4.78, 5) is 33.4. The smallest absolute Gasteiger partial charge is 0.338 e. The first-order chi connectivity index (χ1) is 22.0. The molecule has 1 aliphatic heterocycles. The van der Waals surface area contributed by atoms with E-state index < -0.39 is 12.0 Å². The van der Waals surface area contributed by atoms with E-state index in [1.54, 1.807) is 11.5 Å². The van der Waals surface area contributed by atoms with Crippen molar-refractivity contribution in [3.63, 3.8) is 0 Å². The van der Waals surface area contributed by atoms with E-state index in [4.69, 9.17) is 21.3 Å². The van der Waals surface area contributed by atoms with E-state index in [-0.39, 0.29) is 12.2 Å². The number of hydrogen-bond donors (Lipinski definition) is 0. The first kappa shape index (κ1) is 28.8. The number of carbonyl (C=O) groups is 1. The van der Waals surface area contributed by atoms with Crippen molar-refractivity contribution in [1.29, 1.82) is 0 Å². The lowest BCUT2D eigenvalue weighted by Crippen LogP contribution is -2.39. The Morgan fingerprint density at radius 3 is 2.44 bits per heavy atom. The Hall–Kier alpha value is -4.98. The maximum Gasteiger partial charge on any atom is 0.338 e. The molecule has 3 heterocycles. The summed E-state index contributed by atoms with van der Waals surface area (Å²) >= 11 is 7.59. The van der Waals surface area contributed by atoms with E-state index in [1.165, 1.54) is 11.3 Å². The summed E-state index contributed by atoms with van der Waals surface area (Å²) in [5, 5.41) is 1.72. The van der Waals surface area contributed by atoms with Crippen molar-refractivity contribution in [2.75, 3.05) is 6.61 Å². The summed E-state index contributed by atoms with van der Waals surface area (Å²) in [7, 11) is 0. The average Bonchev–Trinajstić information content (AvgIpc) is 3.57. The van der Waals surface area contributed by atoms with Crippen LogP contribution in [-0.4, -0.2) is 21.7 Å². The number of hydrogen-bond acceptors (Lipinski definition) is 5. The van der Waals surface area contributed by atoms with E-state index in [1.807, 2.05) is 103 Å². The largest absolute Gasteiger partial charge is 0.463 e. The molecule has 0 unspecified atom stereocenters. The molecule has 0 radical (unpaired) electrons. The van der Waals surface area contributed by atoms with Crippen LogP contribution in [-0.2, 0) is 16.1 Å². The lowest BCUT2D eigenvalue weighted by Gasteiger charge is -2.25. The van der Waals surface area contributed by atoms with Gasteiger partial charge in [-0.05, 0) is 42.3 Å². The Morgan fingerprint density at radius 1 is 0.956 bits per heavy atom. The minimum Gasteiger partial charge on any atom is -0.463 e. The molecule has 1 aliphatic rings. The summed E-state index contributed by atoms with van der Waals surface area (Å²) < 4.78 is 9.89. The van der Waals surface area contributed by atoms with Gasteiger partial charge in [0, 0.05) is 39.8 Å². The normalized spacial score (nSPS) is 14.8. The Balaban J connectivity index is 1.44. The molecule has 6 nitrogen and oxygen atoms in total. The highest BCUT2D eigenvalue weighted by Gasteiger charge is 2.35. The van der Waals surface area contributed by atoms with Crippen LogP contribution < -0.4 is 14.9 Å². The second-order valence-corrected chi connectivity index (χ2v) is 12.1. The molecule has 8 heteroatoms. The monoisotopic (exact) mass is 629 g/mol. The number of aromatic nitrogens is 2. The number of rotatable bonds is 7. The van der Waals surface area contributed by atoms with Crippen LogP contribution in [0.1, 0.15) is 35.2 Å². The molecule has 0 N–H and O–H groups in total. The molecule has 2 aromatic heterocycles. The SMILES string of the molecule is CCOC(=O)C1=C(c2ccccc2)N=c2s/c(=C\c3cn(Cc4cccc(Cl)c4)c4ccccc34)c(=O)n2[C@H]1c1ccccc1. The van der Waals surface area contributed by atoms with Crippen molar-refractivity contribution in [1.82, 2.24) is 9.13 Å². The molecule has 0 bridgehead atoms. The molecule has 0 fully saturated rings. The van der Waals surface area contributed by atoms with Gasteiger partial charge >= 0.3 is 5.97 Å². The molecule has 45 heavy (non-hydrogen) atoms. The van der Waals surface area contributed by atoms with Crippen LogP contribution in [0.5, 0.6) is 0 Å². The number of benzene rings is 4. The Kier molecular flexibility index (Phi) is 7.79. The zero-order valence-electron chi connectivity index (χ0n) is 24.4. The molecule has 0 amide bonds. The predicted octanol–water partition coefficient (Wildman–Crippen LogP) is 6.59. The number of halogens is 1. The summed E-state index contributed by atoms with van der Waals surface area (Å²) in [6.07, 6.45) is 4.00. The van der Waals surface area contributed by atoms with Crippen molar-refractivity contribution in [2.24, 2.45) is 4.99 Å². The van der Waals surface area contributed by atoms with Crippen molar-refractivity contribution in [3.05, 3.63) is 168 Å². The third-order valence-electron chi connectivity index (χ3n) is 7.84. The molecule has 1 atom stereocenters. The average molecular weight is 630 g/mol. The highest BCUT2D eigenvalue weighted by atomic mass is 35.5. The minimum atomic E-state index is -0.706. The van der Waals surface area contributed by atoms with Gasteiger partial charge in [0.2, 0.25) is 0 Å². The molecule has 0 saturated heterocycles. The van der Waals surface area contributed by atoms with Gasteiger partial charge in [-0.2, -0.15) is 0 Å². The number of ether oxygens (including phenoxy) is 1. The fourth-order valence-corrected chi connectivity index (χ4v) is 7.09. The molecule has 6 aromatic rings. The van der Waals surface area contributed by atoms with E-state index >= 15 is 0 Å². The van der Waals surface area contributed by atoms with Crippen LogP contribution in [0.25, 0.3) is 22.7 Å². The number of thiazole rings is 1. The molecule has 0 saturated carbocycles. The van der Waals surface area contributed by atoms with Gasteiger partial charge < -0.3 is 9.30 Å². The summed E-state index contributed by atoms with van der Waals surface area (Å²) in [5.41, 5.74) is 5.26. The summed E-state index contributed by atoms with van der Waals surface area (Å²) in [6.45, 7) is 2.61. The quantitative estimate of drug-likeness (QED) is 0.187. The van der Waals surface area contributed by atoms with Crippen LogP contribution >= 0.6 is 22.9 Å². The first-order valence-electron chi connectivity index (χ1n) is 14.7. The van der Waals surface area contributed by atoms with Crippen LogP contribution in [0.15, 0.2) is 131 Å². The predicted molar refractivity (Wildman–Crippen MR) is 180 cm³/mol. The lowest BCUT2D eigenvalue weighted by atomic mass is 9.93. The van der Waals surface area contributed by atoms with E-state index in [2.05, 4.69) is 22.9 Å². The Labute approximate surface area is 268 Å². The fourth-order valence-electron chi connectivity index (χ4n) is 5.89. The van der Waals surface area contributed by atoms with Gasteiger partial charge in [0.15, 0.2) is 4.80 Å². The van der Waals surface area contributed by atoms with Crippen molar-refractivity contribution >= 4 is 51.6 Å². The molecule has 222 valence electrons. The molecular weight excluding hydrogens is 602 g/mol. The number of carbonyl (C=O) groups excluding carboxylic acids is 1. The Morgan fingerprint density at radius 2 is 1.69 bits per heavy atom. The maximum atomic E-state index is 14.3. The number of nitrogens with zero attached hydrogens (tertiary/aromatic N) is 3.